The van der Waals surface area contributed by atoms with Gasteiger partial charge in [0, 0.05) is 29.8 Å². The molecule has 0 aliphatic heterocycles. The molecule has 2 aromatic rings. The normalized spacial score (nSPS) is 10.3. The van der Waals surface area contributed by atoms with E-state index >= 15 is 0 Å². The molecule has 94 valence electrons. The van der Waals surface area contributed by atoms with Crippen molar-refractivity contribution in [2.75, 3.05) is 5.32 Å². The smallest absolute Gasteiger partial charge is 0.226 e. The third kappa shape index (κ3) is 3.40. The molecule has 1 heterocycles. The molecule has 1 aromatic heterocycles. The molecule has 0 saturated carbocycles. The highest BCUT2D eigenvalue weighted by Gasteiger charge is 2.06. The zero-order valence-corrected chi connectivity index (χ0v) is 11.0. The third-order valence-electron chi connectivity index (χ3n) is 2.36. The van der Waals surface area contributed by atoms with Gasteiger partial charge in [0.1, 0.15) is 5.82 Å². The Labute approximate surface area is 112 Å². The Morgan fingerprint density at radius 2 is 2.33 bits per heavy atom. The lowest BCUT2D eigenvalue weighted by Crippen LogP contribution is -2.14. The van der Waals surface area contributed by atoms with Gasteiger partial charge in [-0.25, -0.2) is 9.37 Å². The van der Waals surface area contributed by atoms with Crippen LogP contribution in [0.5, 0.6) is 0 Å². The van der Waals surface area contributed by atoms with Crippen LogP contribution in [-0.4, -0.2) is 15.5 Å². The summed E-state index contributed by atoms with van der Waals surface area (Å²) in [7, 11) is 0. The molecule has 0 radical (unpaired) electrons. The first-order chi connectivity index (χ1) is 8.65. The van der Waals surface area contributed by atoms with Gasteiger partial charge in [0.2, 0.25) is 5.91 Å². The summed E-state index contributed by atoms with van der Waals surface area (Å²) in [5.74, 6) is -0.478. The zero-order chi connectivity index (χ0) is 13.0. The van der Waals surface area contributed by atoms with E-state index in [0.29, 0.717) is 23.1 Å². The van der Waals surface area contributed by atoms with E-state index in [1.807, 2.05) is 4.57 Å². The van der Waals surface area contributed by atoms with Crippen molar-refractivity contribution in [3.63, 3.8) is 0 Å². The minimum absolute atomic E-state index is 0.129. The first-order valence-electron chi connectivity index (χ1n) is 5.36. The van der Waals surface area contributed by atoms with Crippen molar-refractivity contribution in [2.24, 2.45) is 0 Å². The number of carbonyl (C=O) groups excluding carboxylic acids is 1. The Morgan fingerprint density at radius 1 is 1.50 bits per heavy atom. The maximum Gasteiger partial charge on any atom is 0.226 e. The van der Waals surface area contributed by atoms with Gasteiger partial charge in [0.25, 0.3) is 0 Å². The van der Waals surface area contributed by atoms with E-state index in [1.54, 1.807) is 18.7 Å². The summed E-state index contributed by atoms with van der Waals surface area (Å²) in [5, 5.41) is 2.71. The Bertz CT molecular complexity index is 542. The van der Waals surface area contributed by atoms with Gasteiger partial charge in [0.15, 0.2) is 0 Å². The Morgan fingerprint density at radius 3 is 3.00 bits per heavy atom. The molecule has 0 aliphatic carbocycles. The van der Waals surface area contributed by atoms with E-state index < -0.39 is 0 Å². The van der Waals surface area contributed by atoms with Crippen molar-refractivity contribution >= 4 is 27.5 Å². The van der Waals surface area contributed by atoms with Crippen LogP contribution in [0.25, 0.3) is 0 Å². The molecule has 2 rings (SSSR count). The standard InChI is InChI=1S/C12H11BrFN3O/c13-10-7-9(14)1-2-11(10)16-12(18)3-5-17-6-4-15-8-17/h1-2,4,6-8H,3,5H2,(H,16,18). The molecule has 18 heavy (non-hydrogen) atoms. The molecule has 0 bridgehead atoms. The number of nitrogens with zero attached hydrogens (tertiary/aromatic N) is 2. The number of aromatic nitrogens is 2. The van der Waals surface area contributed by atoms with Gasteiger partial charge in [-0.3, -0.25) is 4.79 Å². The molecular formula is C12H11BrFN3O. The van der Waals surface area contributed by atoms with Gasteiger partial charge in [0.05, 0.1) is 12.0 Å². The number of hydrogen-bond acceptors (Lipinski definition) is 2. The summed E-state index contributed by atoms with van der Waals surface area (Å²) >= 11 is 3.20. The van der Waals surface area contributed by atoms with Gasteiger partial charge >= 0.3 is 0 Å². The van der Waals surface area contributed by atoms with Crippen LogP contribution in [0.1, 0.15) is 6.42 Å². The molecule has 4 nitrogen and oxygen atoms in total. The zero-order valence-electron chi connectivity index (χ0n) is 9.44. The second kappa shape index (κ2) is 5.77. The van der Waals surface area contributed by atoms with Crippen LogP contribution in [0.15, 0.2) is 41.4 Å². The number of rotatable bonds is 4. The van der Waals surface area contributed by atoms with E-state index in [2.05, 4.69) is 26.2 Å². The Kier molecular flexibility index (Phi) is 4.09. The summed E-state index contributed by atoms with van der Waals surface area (Å²) in [6.07, 6.45) is 5.44. The number of halogens is 2. The van der Waals surface area contributed by atoms with Crippen molar-refractivity contribution in [3.05, 3.63) is 47.2 Å². The number of anilines is 1. The van der Waals surface area contributed by atoms with E-state index in [0.717, 1.165) is 0 Å². The van der Waals surface area contributed by atoms with Gasteiger partial charge in [-0.2, -0.15) is 0 Å². The highest BCUT2D eigenvalue weighted by atomic mass is 79.9. The molecule has 1 amide bonds. The largest absolute Gasteiger partial charge is 0.337 e. The van der Waals surface area contributed by atoms with E-state index in [1.165, 1.54) is 18.2 Å². The summed E-state index contributed by atoms with van der Waals surface area (Å²) < 4.78 is 15.2. The predicted octanol–water partition coefficient (Wildman–Crippen LogP) is 2.81. The van der Waals surface area contributed by atoms with Crippen molar-refractivity contribution in [2.45, 2.75) is 13.0 Å². The van der Waals surface area contributed by atoms with E-state index in [-0.39, 0.29) is 11.7 Å². The summed E-state index contributed by atoms with van der Waals surface area (Å²) in [6.45, 7) is 0.560. The molecule has 1 aromatic carbocycles. The fourth-order valence-corrected chi connectivity index (χ4v) is 1.90. The van der Waals surface area contributed by atoms with Crippen LogP contribution in [0, 0.1) is 5.82 Å². The molecule has 0 saturated heterocycles. The second-order valence-electron chi connectivity index (χ2n) is 3.72. The molecule has 0 unspecified atom stereocenters. The number of amides is 1. The number of nitrogens with one attached hydrogen (secondary N) is 1. The van der Waals surface area contributed by atoms with Crippen LogP contribution in [0.2, 0.25) is 0 Å². The Hall–Kier alpha value is -1.69. The number of carbonyl (C=O) groups is 1. The van der Waals surface area contributed by atoms with Crippen molar-refractivity contribution in [1.82, 2.24) is 9.55 Å². The molecule has 0 fully saturated rings. The molecule has 6 heteroatoms. The van der Waals surface area contributed by atoms with Gasteiger partial charge < -0.3 is 9.88 Å². The van der Waals surface area contributed by atoms with Crippen molar-refractivity contribution < 1.29 is 9.18 Å². The van der Waals surface area contributed by atoms with Crippen LogP contribution in [0.3, 0.4) is 0 Å². The molecular weight excluding hydrogens is 301 g/mol. The van der Waals surface area contributed by atoms with Gasteiger partial charge in [-0.15, -0.1) is 0 Å². The highest BCUT2D eigenvalue weighted by molar-refractivity contribution is 9.10. The minimum Gasteiger partial charge on any atom is -0.337 e. The SMILES string of the molecule is O=C(CCn1ccnc1)Nc1ccc(F)cc1Br. The lowest BCUT2D eigenvalue weighted by Gasteiger charge is -2.07. The maximum atomic E-state index is 12.9. The van der Waals surface area contributed by atoms with Crippen LogP contribution >= 0.6 is 15.9 Å². The lowest BCUT2D eigenvalue weighted by molar-refractivity contribution is -0.116. The number of aryl methyl sites for hydroxylation is 1. The molecule has 0 aliphatic rings. The monoisotopic (exact) mass is 311 g/mol. The van der Waals surface area contributed by atoms with Gasteiger partial charge in [-0.1, -0.05) is 0 Å². The fourth-order valence-electron chi connectivity index (χ4n) is 1.45. The maximum absolute atomic E-state index is 12.9. The second-order valence-corrected chi connectivity index (χ2v) is 4.58. The highest BCUT2D eigenvalue weighted by Crippen LogP contribution is 2.23. The first-order valence-corrected chi connectivity index (χ1v) is 6.15. The number of imidazole rings is 1. The number of hydrogen-bond donors (Lipinski definition) is 1. The van der Waals surface area contributed by atoms with E-state index in [9.17, 15) is 9.18 Å². The van der Waals surface area contributed by atoms with Crippen LogP contribution < -0.4 is 5.32 Å². The van der Waals surface area contributed by atoms with Gasteiger partial charge in [-0.05, 0) is 34.1 Å². The van der Waals surface area contributed by atoms with E-state index in [4.69, 9.17) is 0 Å². The van der Waals surface area contributed by atoms with Crippen LogP contribution in [0.4, 0.5) is 10.1 Å². The third-order valence-corrected chi connectivity index (χ3v) is 3.02. The summed E-state index contributed by atoms with van der Waals surface area (Å²) in [5.41, 5.74) is 0.562. The number of benzene rings is 1. The molecule has 0 spiro atoms. The Balaban J connectivity index is 1.91. The van der Waals surface area contributed by atoms with Crippen molar-refractivity contribution in [1.29, 1.82) is 0 Å². The topological polar surface area (TPSA) is 46.9 Å². The van der Waals surface area contributed by atoms with Crippen molar-refractivity contribution in [3.8, 4) is 0 Å². The minimum atomic E-state index is -0.349. The molecule has 1 N–H and O–H groups in total. The molecule has 0 atom stereocenters. The van der Waals surface area contributed by atoms with Crippen LogP contribution in [-0.2, 0) is 11.3 Å². The quantitative estimate of drug-likeness (QED) is 0.943. The predicted molar refractivity (Wildman–Crippen MR) is 69.6 cm³/mol. The summed E-state index contributed by atoms with van der Waals surface area (Å²) in [4.78, 5) is 15.6. The summed E-state index contributed by atoms with van der Waals surface area (Å²) in [6, 6.07) is 4.14. The lowest BCUT2D eigenvalue weighted by atomic mass is 10.3. The first kappa shape index (κ1) is 12.8. The average Bonchev–Trinajstić information content (AvgIpc) is 2.83. The average molecular weight is 312 g/mol. The fraction of sp³-hybridized carbons (Fsp3) is 0.167.